The highest BCUT2D eigenvalue weighted by atomic mass is 35.5. The minimum absolute atomic E-state index is 0.471. The lowest BCUT2D eigenvalue weighted by atomic mass is 10.0. The van der Waals surface area contributed by atoms with E-state index in [9.17, 15) is 5.11 Å². The summed E-state index contributed by atoms with van der Waals surface area (Å²) in [5, 5.41) is 11.8. The zero-order valence-corrected chi connectivity index (χ0v) is 11.1. The lowest BCUT2D eigenvalue weighted by Gasteiger charge is -2.10. The molecule has 0 saturated carbocycles. The number of rotatable bonds is 2. The maximum absolute atomic E-state index is 10.4. The molecule has 0 fully saturated rings. The Hall–Kier alpha value is -1.84. The van der Waals surface area contributed by atoms with Gasteiger partial charge in [0.2, 0.25) is 0 Å². The van der Waals surface area contributed by atoms with Gasteiger partial charge in [-0.25, -0.2) is 0 Å². The first-order valence-electron chi connectivity index (χ1n) is 5.93. The van der Waals surface area contributed by atoms with Crippen LogP contribution in [-0.2, 0) is 0 Å². The average molecular weight is 274 g/mol. The Balaban J connectivity index is 2.10. The summed E-state index contributed by atoms with van der Waals surface area (Å²) >= 11 is 6.06. The summed E-state index contributed by atoms with van der Waals surface area (Å²) in [7, 11) is 0. The van der Waals surface area contributed by atoms with Crippen molar-refractivity contribution in [1.29, 1.82) is 0 Å². The van der Waals surface area contributed by atoms with Gasteiger partial charge in [0.25, 0.3) is 0 Å². The minimum Gasteiger partial charge on any atom is -0.456 e. The van der Waals surface area contributed by atoms with Gasteiger partial charge in [-0.2, -0.15) is 0 Å². The number of aromatic nitrogens is 1. The summed E-state index contributed by atoms with van der Waals surface area (Å²) in [6, 6.07) is 9.17. The molecule has 3 nitrogen and oxygen atoms in total. The Morgan fingerprint density at radius 1 is 1.32 bits per heavy atom. The highest BCUT2D eigenvalue weighted by molar-refractivity contribution is 6.34. The smallest absolute Gasteiger partial charge is 0.153 e. The molecule has 3 rings (SSSR count). The molecule has 0 radical (unpaired) electrons. The number of para-hydroxylation sites is 1. The molecule has 1 unspecified atom stereocenters. The normalized spacial score (nSPS) is 12.8. The van der Waals surface area contributed by atoms with Gasteiger partial charge in [0.05, 0.1) is 5.02 Å². The monoisotopic (exact) mass is 273 g/mol. The largest absolute Gasteiger partial charge is 0.456 e. The van der Waals surface area contributed by atoms with Crippen molar-refractivity contribution < 1.29 is 9.52 Å². The van der Waals surface area contributed by atoms with Crippen molar-refractivity contribution >= 4 is 22.6 Å². The van der Waals surface area contributed by atoms with Crippen LogP contribution in [0.15, 0.2) is 47.1 Å². The number of pyridine rings is 1. The molecule has 1 aromatic carbocycles. The molecule has 1 atom stereocenters. The van der Waals surface area contributed by atoms with Gasteiger partial charge in [0, 0.05) is 23.3 Å². The van der Waals surface area contributed by atoms with E-state index < -0.39 is 6.10 Å². The Kier molecular flexibility index (Phi) is 3.01. The third kappa shape index (κ3) is 2.11. The molecule has 3 aromatic rings. The molecular formula is C15H12ClNO2. The number of nitrogens with zero attached hydrogens (tertiary/aromatic N) is 1. The third-order valence-electron chi connectivity index (χ3n) is 3.16. The molecule has 0 amide bonds. The van der Waals surface area contributed by atoms with E-state index in [2.05, 4.69) is 4.98 Å². The van der Waals surface area contributed by atoms with Gasteiger partial charge >= 0.3 is 0 Å². The van der Waals surface area contributed by atoms with E-state index in [-0.39, 0.29) is 0 Å². The van der Waals surface area contributed by atoms with E-state index in [1.54, 1.807) is 24.5 Å². The lowest BCUT2D eigenvalue weighted by molar-refractivity contribution is 0.191. The van der Waals surface area contributed by atoms with Crippen LogP contribution in [0.3, 0.4) is 0 Å². The molecule has 0 spiro atoms. The molecule has 0 aliphatic rings. The maximum Gasteiger partial charge on any atom is 0.153 e. The number of aliphatic hydroxyl groups excluding tert-OH is 1. The Bertz CT molecular complexity index is 736. The summed E-state index contributed by atoms with van der Waals surface area (Å²) in [5.41, 5.74) is 2.30. The van der Waals surface area contributed by atoms with Crippen molar-refractivity contribution in [3.05, 3.63) is 64.6 Å². The van der Waals surface area contributed by atoms with Crippen LogP contribution in [-0.4, -0.2) is 10.1 Å². The van der Waals surface area contributed by atoms with Gasteiger partial charge in [-0.3, -0.25) is 4.98 Å². The van der Waals surface area contributed by atoms with Crippen LogP contribution in [0.2, 0.25) is 5.02 Å². The lowest BCUT2D eigenvalue weighted by Crippen LogP contribution is -2.01. The van der Waals surface area contributed by atoms with Crippen molar-refractivity contribution in [1.82, 2.24) is 4.98 Å². The van der Waals surface area contributed by atoms with Crippen LogP contribution < -0.4 is 0 Å². The van der Waals surface area contributed by atoms with E-state index in [4.69, 9.17) is 16.0 Å². The fourth-order valence-electron chi connectivity index (χ4n) is 2.10. The first kappa shape index (κ1) is 12.2. The van der Waals surface area contributed by atoms with Crippen molar-refractivity contribution in [3.63, 3.8) is 0 Å². The first-order valence-corrected chi connectivity index (χ1v) is 6.31. The van der Waals surface area contributed by atoms with Gasteiger partial charge in [0.1, 0.15) is 11.9 Å². The van der Waals surface area contributed by atoms with E-state index in [1.807, 2.05) is 25.1 Å². The standard InChI is InChI=1S/C15H12ClNO2/c1-9-5-6-17-8-11(9)14(18)13-7-10-3-2-4-12(16)15(10)19-13/h2-8,14,18H,1H3. The molecular weight excluding hydrogens is 262 g/mol. The zero-order chi connectivity index (χ0) is 13.4. The van der Waals surface area contributed by atoms with E-state index in [0.717, 1.165) is 16.5 Å². The molecule has 2 aromatic heterocycles. The van der Waals surface area contributed by atoms with Gasteiger partial charge in [0.15, 0.2) is 5.58 Å². The fourth-order valence-corrected chi connectivity index (χ4v) is 2.32. The average Bonchev–Trinajstić information content (AvgIpc) is 2.84. The highest BCUT2D eigenvalue weighted by Crippen LogP contribution is 2.32. The quantitative estimate of drug-likeness (QED) is 0.771. The third-order valence-corrected chi connectivity index (χ3v) is 3.46. The number of furan rings is 1. The van der Waals surface area contributed by atoms with E-state index in [1.165, 1.54) is 0 Å². The number of fused-ring (bicyclic) bond motifs is 1. The number of aryl methyl sites for hydroxylation is 1. The summed E-state index contributed by atoms with van der Waals surface area (Å²) in [6.07, 6.45) is 2.51. The minimum atomic E-state index is -0.836. The molecule has 0 aliphatic heterocycles. The molecule has 0 aliphatic carbocycles. The van der Waals surface area contributed by atoms with Gasteiger partial charge < -0.3 is 9.52 Å². The van der Waals surface area contributed by atoms with Crippen LogP contribution in [0, 0.1) is 6.92 Å². The molecule has 0 saturated heterocycles. The molecule has 96 valence electrons. The Morgan fingerprint density at radius 3 is 2.89 bits per heavy atom. The second-order valence-electron chi connectivity index (χ2n) is 4.44. The van der Waals surface area contributed by atoms with E-state index in [0.29, 0.717) is 16.4 Å². The van der Waals surface area contributed by atoms with Crippen molar-refractivity contribution in [3.8, 4) is 0 Å². The maximum atomic E-state index is 10.4. The predicted molar refractivity (Wildman–Crippen MR) is 74.3 cm³/mol. The second-order valence-corrected chi connectivity index (χ2v) is 4.85. The molecule has 1 N–H and O–H groups in total. The molecule has 0 bridgehead atoms. The number of halogens is 1. The van der Waals surface area contributed by atoms with Crippen LogP contribution in [0.25, 0.3) is 11.0 Å². The van der Waals surface area contributed by atoms with Crippen LogP contribution >= 0.6 is 11.6 Å². The summed E-state index contributed by atoms with van der Waals surface area (Å²) in [6.45, 7) is 1.93. The van der Waals surface area contributed by atoms with Crippen LogP contribution in [0.5, 0.6) is 0 Å². The van der Waals surface area contributed by atoms with Crippen molar-refractivity contribution in [2.45, 2.75) is 13.0 Å². The van der Waals surface area contributed by atoms with Gasteiger partial charge in [-0.15, -0.1) is 0 Å². The topological polar surface area (TPSA) is 46.3 Å². The molecule has 19 heavy (non-hydrogen) atoms. The Morgan fingerprint density at radius 2 is 2.16 bits per heavy atom. The van der Waals surface area contributed by atoms with Gasteiger partial charge in [-0.05, 0) is 30.7 Å². The molecule has 4 heteroatoms. The van der Waals surface area contributed by atoms with Crippen LogP contribution in [0.4, 0.5) is 0 Å². The summed E-state index contributed by atoms with van der Waals surface area (Å²) in [4.78, 5) is 4.04. The predicted octanol–water partition coefficient (Wildman–Crippen LogP) is 3.87. The van der Waals surface area contributed by atoms with E-state index >= 15 is 0 Å². The van der Waals surface area contributed by atoms with Crippen LogP contribution in [0.1, 0.15) is 23.0 Å². The number of hydrogen-bond acceptors (Lipinski definition) is 3. The Labute approximate surface area is 115 Å². The SMILES string of the molecule is Cc1ccncc1C(O)c1cc2cccc(Cl)c2o1. The number of hydrogen-bond donors (Lipinski definition) is 1. The first-order chi connectivity index (χ1) is 9.16. The zero-order valence-electron chi connectivity index (χ0n) is 10.3. The summed E-state index contributed by atoms with van der Waals surface area (Å²) in [5.74, 6) is 0.471. The summed E-state index contributed by atoms with van der Waals surface area (Å²) < 4.78 is 5.66. The second kappa shape index (κ2) is 4.68. The highest BCUT2D eigenvalue weighted by Gasteiger charge is 2.18. The van der Waals surface area contributed by atoms with Crippen molar-refractivity contribution in [2.75, 3.05) is 0 Å². The van der Waals surface area contributed by atoms with Gasteiger partial charge in [-0.1, -0.05) is 23.7 Å². The number of benzene rings is 1. The fraction of sp³-hybridized carbons (Fsp3) is 0.133. The molecule has 2 heterocycles. The van der Waals surface area contributed by atoms with Crippen molar-refractivity contribution in [2.24, 2.45) is 0 Å². The number of aliphatic hydroxyl groups is 1.